The fraction of sp³-hybridized carbons (Fsp3) is 0.316. The zero-order chi connectivity index (χ0) is 21.0. The van der Waals surface area contributed by atoms with E-state index in [4.69, 9.17) is 0 Å². The van der Waals surface area contributed by atoms with Crippen molar-refractivity contribution in [2.24, 2.45) is 0 Å². The third kappa shape index (κ3) is 4.72. The number of hydrogen-bond acceptors (Lipinski definition) is 5. The van der Waals surface area contributed by atoms with Crippen LogP contribution in [0.2, 0.25) is 0 Å². The number of carbonyl (C=O) groups excluding carboxylic acids is 1. The Labute approximate surface area is 169 Å². The predicted octanol–water partition coefficient (Wildman–Crippen LogP) is 2.37. The van der Waals surface area contributed by atoms with Gasteiger partial charge < -0.3 is 10.2 Å². The maximum absolute atomic E-state index is 12.8. The van der Waals surface area contributed by atoms with Crippen LogP contribution in [0, 0.1) is 10.1 Å². The number of sulfonamides is 1. The molecule has 0 bridgehead atoms. The lowest BCUT2D eigenvalue weighted by atomic mass is 10.1. The maximum atomic E-state index is 12.8. The van der Waals surface area contributed by atoms with Gasteiger partial charge in [0.05, 0.1) is 15.9 Å². The van der Waals surface area contributed by atoms with Gasteiger partial charge in [0, 0.05) is 38.3 Å². The van der Waals surface area contributed by atoms with Gasteiger partial charge in [-0.3, -0.25) is 10.1 Å². The molecule has 1 heterocycles. The van der Waals surface area contributed by atoms with Gasteiger partial charge in [-0.1, -0.05) is 36.4 Å². The zero-order valence-corrected chi connectivity index (χ0v) is 16.7. The fourth-order valence-corrected chi connectivity index (χ4v) is 4.60. The van der Waals surface area contributed by atoms with Crippen LogP contribution in [0.4, 0.5) is 10.5 Å². The molecule has 2 aromatic rings. The summed E-state index contributed by atoms with van der Waals surface area (Å²) in [6.45, 7) is 2.61. The number of non-ortho nitro benzene ring substituents is 1. The molecule has 3 rings (SSSR count). The van der Waals surface area contributed by atoms with Gasteiger partial charge in [-0.25, -0.2) is 13.2 Å². The normalized spacial score (nSPS) is 16.2. The summed E-state index contributed by atoms with van der Waals surface area (Å²) in [7, 11) is -3.86. The van der Waals surface area contributed by atoms with Gasteiger partial charge in [-0.15, -0.1) is 0 Å². The SMILES string of the molecule is CC(NC(=O)N1CCN(S(=O)(=O)c2cccc([N+](=O)[O-])c2)CC1)c1ccccc1. The molecule has 2 amide bonds. The van der Waals surface area contributed by atoms with E-state index < -0.39 is 14.9 Å². The molecule has 154 valence electrons. The summed E-state index contributed by atoms with van der Waals surface area (Å²) < 4.78 is 26.8. The highest BCUT2D eigenvalue weighted by molar-refractivity contribution is 7.89. The Bertz CT molecular complexity index is 989. The monoisotopic (exact) mass is 418 g/mol. The number of nitrogens with zero attached hydrogens (tertiary/aromatic N) is 3. The number of nitrogens with one attached hydrogen (secondary N) is 1. The number of nitro groups is 1. The van der Waals surface area contributed by atoms with E-state index in [1.807, 2.05) is 37.3 Å². The Balaban J connectivity index is 1.61. The molecule has 1 N–H and O–H groups in total. The van der Waals surface area contributed by atoms with Crippen LogP contribution in [0.5, 0.6) is 0 Å². The minimum absolute atomic E-state index is 0.123. The molecule has 1 saturated heterocycles. The van der Waals surface area contributed by atoms with E-state index in [-0.39, 0.29) is 48.8 Å². The Kier molecular flexibility index (Phi) is 6.14. The predicted molar refractivity (Wildman–Crippen MR) is 107 cm³/mol. The lowest BCUT2D eigenvalue weighted by molar-refractivity contribution is -0.385. The maximum Gasteiger partial charge on any atom is 0.317 e. The molecule has 1 unspecified atom stereocenters. The standard InChI is InChI=1S/C19H22N4O5S/c1-15(16-6-3-2-4-7-16)20-19(24)21-10-12-22(13-11-21)29(27,28)18-9-5-8-17(14-18)23(25)26/h2-9,14-15H,10-13H2,1H3,(H,20,24). The number of hydrogen-bond donors (Lipinski definition) is 1. The second-order valence-corrected chi connectivity index (χ2v) is 8.67. The minimum Gasteiger partial charge on any atom is -0.331 e. The molecular formula is C19H22N4O5S. The Hall–Kier alpha value is -2.98. The Morgan fingerprint density at radius 2 is 1.72 bits per heavy atom. The summed E-state index contributed by atoms with van der Waals surface area (Å²) in [5.41, 5.74) is 0.701. The molecule has 0 spiro atoms. The summed E-state index contributed by atoms with van der Waals surface area (Å²) in [4.78, 5) is 24.2. The van der Waals surface area contributed by atoms with Crippen LogP contribution in [0.1, 0.15) is 18.5 Å². The number of nitro benzene ring substituents is 1. The average molecular weight is 418 g/mol. The first-order valence-corrected chi connectivity index (χ1v) is 10.6. The van der Waals surface area contributed by atoms with Gasteiger partial charge in [0.25, 0.3) is 5.69 Å². The second kappa shape index (κ2) is 8.58. The molecule has 0 aliphatic carbocycles. The van der Waals surface area contributed by atoms with Crippen molar-refractivity contribution in [1.29, 1.82) is 0 Å². The molecule has 0 radical (unpaired) electrons. The van der Waals surface area contributed by atoms with E-state index in [1.54, 1.807) is 4.90 Å². The van der Waals surface area contributed by atoms with Gasteiger partial charge in [-0.05, 0) is 18.6 Å². The number of carbonyl (C=O) groups is 1. The Morgan fingerprint density at radius 3 is 2.34 bits per heavy atom. The molecule has 10 heteroatoms. The van der Waals surface area contributed by atoms with Gasteiger partial charge >= 0.3 is 6.03 Å². The minimum atomic E-state index is -3.86. The van der Waals surface area contributed by atoms with Crippen molar-refractivity contribution in [2.75, 3.05) is 26.2 Å². The lowest BCUT2D eigenvalue weighted by Gasteiger charge is -2.34. The first kappa shape index (κ1) is 20.7. The topological polar surface area (TPSA) is 113 Å². The van der Waals surface area contributed by atoms with Crippen molar-refractivity contribution in [3.63, 3.8) is 0 Å². The molecule has 1 aliphatic rings. The van der Waals surface area contributed by atoms with Crippen LogP contribution in [0.25, 0.3) is 0 Å². The molecule has 0 saturated carbocycles. The summed E-state index contributed by atoms with van der Waals surface area (Å²) in [5, 5.41) is 13.8. The number of piperazine rings is 1. The van der Waals surface area contributed by atoms with Gasteiger partial charge in [0.1, 0.15) is 0 Å². The van der Waals surface area contributed by atoms with Crippen LogP contribution in [0.3, 0.4) is 0 Å². The first-order chi connectivity index (χ1) is 13.8. The highest BCUT2D eigenvalue weighted by atomic mass is 32.2. The van der Waals surface area contributed by atoms with Crippen molar-refractivity contribution < 1.29 is 18.1 Å². The number of rotatable bonds is 5. The number of benzene rings is 2. The summed E-state index contributed by atoms with van der Waals surface area (Å²) in [5.74, 6) is 0. The molecule has 1 atom stereocenters. The van der Waals surface area contributed by atoms with Crippen molar-refractivity contribution in [3.05, 3.63) is 70.3 Å². The van der Waals surface area contributed by atoms with E-state index in [2.05, 4.69) is 5.32 Å². The molecule has 0 aromatic heterocycles. The molecule has 1 aliphatic heterocycles. The quantitative estimate of drug-likeness (QED) is 0.592. The molecule has 29 heavy (non-hydrogen) atoms. The van der Waals surface area contributed by atoms with Crippen molar-refractivity contribution >= 4 is 21.7 Å². The third-order valence-electron chi connectivity index (χ3n) is 4.83. The highest BCUT2D eigenvalue weighted by Gasteiger charge is 2.31. The van der Waals surface area contributed by atoms with E-state index in [1.165, 1.54) is 22.5 Å². The Morgan fingerprint density at radius 1 is 1.07 bits per heavy atom. The van der Waals surface area contributed by atoms with E-state index in [0.717, 1.165) is 11.6 Å². The molecular weight excluding hydrogens is 396 g/mol. The van der Waals surface area contributed by atoms with Crippen molar-refractivity contribution in [2.45, 2.75) is 17.9 Å². The van der Waals surface area contributed by atoms with Gasteiger partial charge in [-0.2, -0.15) is 4.31 Å². The van der Waals surface area contributed by atoms with Crippen LogP contribution in [0.15, 0.2) is 59.5 Å². The molecule has 9 nitrogen and oxygen atoms in total. The fourth-order valence-electron chi connectivity index (χ4n) is 3.14. The van der Waals surface area contributed by atoms with Crippen LogP contribution in [-0.4, -0.2) is 54.8 Å². The molecule has 2 aromatic carbocycles. The second-order valence-electron chi connectivity index (χ2n) is 6.73. The van der Waals surface area contributed by atoms with Gasteiger partial charge in [0.15, 0.2) is 0 Å². The van der Waals surface area contributed by atoms with E-state index in [9.17, 15) is 23.3 Å². The molecule has 1 fully saturated rings. The van der Waals surface area contributed by atoms with Gasteiger partial charge in [0.2, 0.25) is 10.0 Å². The van der Waals surface area contributed by atoms with Crippen LogP contribution in [-0.2, 0) is 10.0 Å². The van der Waals surface area contributed by atoms with E-state index >= 15 is 0 Å². The van der Waals surface area contributed by atoms with Crippen LogP contribution < -0.4 is 5.32 Å². The van der Waals surface area contributed by atoms with Crippen molar-refractivity contribution in [1.82, 2.24) is 14.5 Å². The lowest BCUT2D eigenvalue weighted by Crippen LogP contribution is -2.53. The van der Waals surface area contributed by atoms with E-state index in [0.29, 0.717) is 0 Å². The van der Waals surface area contributed by atoms with Crippen molar-refractivity contribution in [3.8, 4) is 0 Å². The first-order valence-electron chi connectivity index (χ1n) is 9.14. The van der Waals surface area contributed by atoms with Crippen LogP contribution >= 0.6 is 0 Å². The zero-order valence-electron chi connectivity index (χ0n) is 15.9. The number of amides is 2. The third-order valence-corrected chi connectivity index (χ3v) is 6.73. The number of urea groups is 1. The summed E-state index contributed by atoms with van der Waals surface area (Å²) in [6, 6.07) is 14.1. The smallest absolute Gasteiger partial charge is 0.317 e. The highest BCUT2D eigenvalue weighted by Crippen LogP contribution is 2.22. The largest absolute Gasteiger partial charge is 0.331 e. The summed E-state index contributed by atoms with van der Waals surface area (Å²) in [6.07, 6.45) is 0. The average Bonchev–Trinajstić information content (AvgIpc) is 2.74. The summed E-state index contributed by atoms with van der Waals surface area (Å²) >= 11 is 0.